The van der Waals surface area contributed by atoms with E-state index in [1.807, 2.05) is 49.5 Å². The third-order valence-corrected chi connectivity index (χ3v) is 5.06. The SMILES string of the molecule is CN(CCc1ccccc1)C(=O)c1occc1CSc1ccccc1. The van der Waals surface area contributed by atoms with Crippen LogP contribution in [0.25, 0.3) is 0 Å². The number of likely N-dealkylation sites (N-methyl/N-ethyl adjacent to an activating group) is 1. The molecule has 4 heteroatoms. The van der Waals surface area contributed by atoms with Crippen molar-refractivity contribution in [3.8, 4) is 0 Å². The van der Waals surface area contributed by atoms with Crippen LogP contribution in [0.5, 0.6) is 0 Å². The van der Waals surface area contributed by atoms with Crippen molar-refractivity contribution in [1.82, 2.24) is 4.90 Å². The second-order valence-corrected chi connectivity index (χ2v) is 6.89. The third-order valence-electron chi connectivity index (χ3n) is 4.00. The van der Waals surface area contributed by atoms with Crippen molar-refractivity contribution >= 4 is 17.7 Å². The molecule has 1 amide bonds. The summed E-state index contributed by atoms with van der Waals surface area (Å²) < 4.78 is 5.48. The van der Waals surface area contributed by atoms with Crippen molar-refractivity contribution in [2.24, 2.45) is 0 Å². The molecule has 3 nitrogen and oxygen atoms in total. The van der Waals surface area contributed by atoms with Crippen molar-refractivity contribution in [2.75, 3.05) is 13.6 Å². The minimum atomic E-state index is -0.0652. The summed E-state index contributed by atoms with van der Waals surface area (Å²) in [6.07, 6.45) is 2.43. The minimum Gasteiger partial charge on any atom is -0.459 e. The standard InChI is InChI=1S/C21H21NO2S/c1-22(14-12-17-8-4-2-5-9-17)21(23)20-18(13-15-24-20)16-25-19-10-6-3-7-11-19/h2-11,13,15H,12,14,16H2,1H3. The Kier molecular flexibility index (Phi) is 5.96. The van der Waals surface area contributed by atoms with Crippen molar-refractivity contribution in [3.63, 3.8) is 0 Å². The predicted octanol–water partition coefficient (Wildman–Crippen LogP) is 4.89. The highest BCUT2D eigenvalue weighted by molar-refractivity contribution is 7.98. The van der Waals surface area contributed by atoms with Gasteiger partial charge in [0.2, 0.25) is 0 Å². The molecule has 0 bridgehead atoms. The van der Waals surface area contributed by atoms with Gasteiger partial charge in [-0.25, -0.2) is 0 Å². The van der Waals surface area contributed by atoms with Gasteiger partial charge in [0.15, 0.2) is 5.76 Å². The zero-order valence-electron chi connectivity index (χ0n) is 14.2. The lowest BCUT2D eigenvalue weighted by Gasteiger charge is -2.16. The summed E-state index contributed by atoms with van der Waals surface area (Å²) >= 11 is 1.70. The van der Waals surface area contributed by atoms with E-state index in [1.54, 1.807) is 22.9 Å². The number of benzene rings is 2. The maximum absolute atomic E-state index is 12.7. The Morgan fingerprint density at radius 3 is 2.40 bits per heavy atom. The molecule has 3 aromatic rings. The van der Waals surface area contributed by atoms with Crippen molar-refractivity contribution in [3.05, 3.63) is 89.9 Å². The maximum Gasteiger partial charge on any atom is 0.289 e. The van der Waals surface area contributed by atoms with Gasteiger partial charge >= 0.3 is 0 Å². The fourth-order valence-corrected chi connectivity index (χ4v) is 3.43. The van der Waals surface area contributed by atoms with Gasteiger partial charge in [-0.05, 0) is 30.2 Å². The Morgan fingerprint density at radius 2 is 1.68 bits per heavy atom. The van der Waals surface area contributed by atoms with Crippen molar-refractivity contribution in [2.45, 2.75) is 17.1 Å². The molecule has 25 heavy (non-hydrogen) atoms. The van der Waals surface area contributed by atoms with Crippen LogP contribution in [-0.2, 0) is 12.2 Å². The van der Waals surface area contributed by atoms with E-state index in [-0.39, 0.29) is 5.91 Å². The molecular formula is C21H21NO2S. The number of rotatable bonds is 7. The van der Waals surface area contributed by atoms with E-state index in [1.165, 1.54) is 10.5 Å². The van der Waals surface area contributed by atoms with E-state index in [2.05, 4.69) is 24.3 Å². The van der Waals surface area contributed by atoms with Crippen LogP contribution >= 0.6 is 11.8 Å². The topological polar surface area (TPSA) is 33.5 Å². The zero-order chi connectivity index (χ0) is 17.5. The molecule has 0 saturated carbocycles. The highest BCUT2D eigenvalue weighted by atomic mass is 32.2. The van der Waals surface area contributed by atoms with Crippen LogP contribution in [0.4, 0.5) is 0 Å². The van der Waals surface area contributed by atoms with Crippen LogP contribution in [0.15, 0.2) is 82.3 Å². The van der Waals surface area contributed by atoms with Crippen molar-refractivity contribution < 1.29 is 9.21 Å². The predicted molar refractivity (Wildman–Crippen MR) is 102 cm³/mol. The lowest BCUT2D eigenvalue weighted by atomic mass is 10.1. The summed E-state index contributed by atoms with van der Waals surface area (Å²) in [5.74, 6) is 1.09. The van der Waals surface area contributed by atoms with E-state index in [0.717, 1.165) is 12.0 Å². The summed E-state index contributed by atoms with van der Waals surface area (Å²) in [5.41, 5.74) is 2.16. The molecule has 0 aliphatic rings. The van der Waals surface area contributed by atoms with Crippen LogP contribution < -0.4 is 0 Å². The molecule has 0 atom stereocenters. The maximum atomic E-state index is 12.7. The van der Waals surface area contributed by atoms with Crippen LogP contribution in [0.3, 0.4) is 0 Å². The Hall–Kier alpha value is -2.46. The molecule has 0 aliphatic heterocycles. The van der Waals surface area contributed by atoms with Gasteiger partial charge in [0.05, 0.1) is 6.26 Å². The molecule has 0 radical (unpaired) electrons. The number of nitrogens with zero attached hydrogens (tertiary/aromatic N) is 1. The smallest absolute Gasteiger partial charge is 0.289 e. The second-order valence-electron chi connectivity index (χ2n) is 5.84. The van der Waals surface area contributed by atoms with Gasteiger partial charge in [-0.15, -0.1) is 11.8 Å². The van der Waals surface area contributed by atoms with Crippen LogP contribution in [0.1, 0.15) is 21.7 Å². The van der Waals surface area contributed by atoms with Crippen molar-refractivity contribution in [1.29, 1.82) is 0 Å². The van der Waals surface area contributed by atoms with Crippen LogP contribution in [0, 0.1) is 0 Å². The fraction of sp³-hybridized carbons (Fsp3) is 0.190. The normalized spacial score (nSPS) is 10.6. The Labute approximate surface area is 152 Å². The number of hydrogen-bond donors (Lipinski definition) is 0. The molecule has 0 saturated heterocycles. The number of thioether (sulfide) groups is 1. The molecule has 0 unspecified atom stereocenters. The average molecular weight is 351 g/mol. The van der Waals surface area contributed by atoms with Gasteiger partial charge in [-0.1, -0.05) is 48.5 Å². The average Bonchev–Trinajstić information content (AvgIpc) is 3.14. The number of hydrogen-bond acceptors (Lipinski definition) is 3. The molecule has 1 heterocycles. The molecule has 3 rings (SSSR count). The highest BCUT2D eigenvalue weighted by Crippen LogP contribution is 2.25. The van der Waals surface area contributed by atoms with Gasteiger partial charge in [0.1, 0.15) is 0 Å². The number of carbonyl (C=O) groups excluding carboxylic acids is 1. The fourth-order valence-electron chi connectivity index (χ4n) is 2.53. The molecule has 0 N–H and O–H groups in total. The number of amides is 1. The van der Waals surface area contributed by atoms with E-state index in [0.29, 0.717) is 18.1 Å². The Balaban J connectivity index is 1.59. The second kappa shape index (κ2) is 8.58. The van der Waals surface area contributed by atoms with Crippen LogP contribution in [-0.4, -0.2) is 24.4 Å². The minimum absolute atomic E-state index is 0.0652. The monoisotopic (exact) mass is 351 g/mol. The Bertz CT molecular complexity index is 799. The van der Waals surface area contributed by atoms with Gasteiger partial charge in [-0.3, -0.25) is 4.79 Å². The van der Waals surface area contributed by atoms with E-state index in [4.69, 9.17) is 4.42 Å². The van der Waals surface area contributed by atoms with Gasteiger partial charge in [0, 0.05) is 29.8 Å². The van der Waals surface area contributed by atoms with Gasteiger partial charge in [0.25, 0.3) is 5.91 Å². The first-order chi connectivity index (χ1) is 12.2. The third kappa shape index (κ3) is 4.77. The number of carbonyl (C=O) groups is 1. The summed E-state index contributed by atoms with van der Waals surface area (Å²) in [6, 6.07) is 22.2. The van der Waals surface area contributed by atoms with Gasteiger partial charge in [-0.2, -0.15) is 0 Å². The lowest BCUT2D eigenvalue weighted by Crippen LogP contribution is -2.29. The first-order valence-corrected chi connectivity index (χ1v) is 9.26. The van der Waals surface area contributed by atoms with Gasteiger partial charge < -0.3 is 9.32 Å². The largest absolute Gasteiger partial charge is 0.459 e. The molecular weight excluding hydrogens is 330 g/mol. The van der Waals surface area contributed by atoms with E-state index in [9.17, 15) is 4.79 Å². The summed E-state index contributed by atoms with van der Waals surface area (Å²) in [6.45, 7) is 0.662. The summed E-state index contributed by atoms with van der Waals surface area (Å²) in [7, 11) is 1.82. The quantitative estimate of drug-likeness (QED) is 0.569. The zero-order valence-corrected chi connectivity index (χ0v) is 15.0. The molecule has 2 aromatic carbocycles. The highest BCUT2D eigenvalue weighted by Gasteiger charge is 2.19. The van der Waals surface area contributed by atoms with E-state index >= 15 is 0 Å². The first-order valence-electron chi connectivity index (χ1n) is 8.27. The molecule has 1 aromatic heterocycles. The molecule has 0 aliphatic carbocycles. The Morgan fingerprint density at radius 1 is 1.00 bits per heavy atom. The lowest BCUT2D eigenvalue weighted by molar-refractivity contribution is 0.0764. The number of furan rings is 1. The summed E-state index contributed by atoms with van der Waals surface area (Å²) in [4.78, 5) is 15.6. The molecule has 128 valence electrons. The van der Waals surface area contributed by atoms with E-state index < -0.39 is 0 Å². The van der Waals surface area contributed by atoms with Crippen LogP contribution in [0.2, 0.25) is 0 Å². The summed E-state index contributed by atoms with van der Waals surface area (Å²) in [5, 5.41) is 0. The molecule has 0 spiro atoms. The first kappa shape index (κ1) is 17.4. The molecule has 0 fully saturated rings.